The molecule has 0 radical (unpaired) electrons. The number of aryl methyl sites for hydroxylation is 1. The van der Waals surface area contributed by atoms with Crippen LogP contribution in [0.15, 0.2) is 55.0 Å². The van der Waals surface area contributed by atoms with Gasteiger partial charge in [0.05, 0.1) is 17.5 Å². The molecule has 0 N–H and O–H groups in total. The Hall–Kier alpha value is -1.64. The van der Waals surface area contributed by atoms with E-state index in [0.717, 1.165) is 0 Å². The maximum Gasteiger partial charge on any atom is 0.339 e. The second-order valence-electron chi connectivity index (χ2n) is 5.54. The van der Waals surface area contributed by atoms with Gasteiger partial charge in [0.2, 0.25) is 10.0 Å². The molecule has 1 saturated heterocycles. The fourth-order valence-corrected chi connectivity index (χ4v) is 5.09. The molecule has 3 rings (SSSR count). The Kier molecular flexibility index (Phi) is 4.80. The Balaban J connectivity index is 1.75. The number of hydrogen-bond donors (Lipinski definition) is 0. The van der Waals surface area contributed by atoms with Crippen LogP contribution in [0.5, 0.6) is 5.75 Å². The van der Waals surface area contributed by atoms with Crippen LogP contribution in [0.3, 0.4) is 0 Å². The van der Waals surface area contributed by atoms with E-state index in [1.165, 1.54) is 10.4 Å². The van der Waals surface area contributed by atoms with Crippen LogP contribution in [0.2, 0.25) is 0 Å². The van der Waals surface area contributed by atoms with E-state index in [1.54, 1.807) is 37.3 Å². The summed E-state index contributed by atoms with van der Waals surface area (Å²) in [6, 6.07) is 9.60. The van der Waals surface area contributed by atoms with E-state index in [1.807, 2.05) is 0 Å². The van der Waals surface area contributed by atoms with Gasteiger partial charge in [-0.25, -0.2) is 13.2 Å². The lowest BCUT2D eigenvalue weighted by molar-refractivity contribution is 0.213. The third-order valence-electron chi connectivity index (χ3n) is 3.73. The second-order valence-corrected chi connectivity index (χ2v) is 8.31. The highest BCUT2D eigenvalue weighted by molar-refractivity contribution is 9.10. The van der Waals surface area contributed by atoms with Crippen LogP contribution in [0.1, 0.15) is 12.2 Å². The minimum atomic E-state index is -3.58. The maximum atomic E-state index is 12.7. The van der Waals surface area contributed by atoms with Crippen molar-refractivity contribution in [3.8, 4) is 5.75 Å². The van der Waals surface area contributed by atoms with Gasteiger partial charge in [-0.1, -0.05) is 12.1 Å². The molecule has 0 spiro atoms. The zero-order valence-corrected chi connectivity index (χ0v) is 15.3. The molecule has 1 fully saturated rings. The van der Waals surface area contributed by atoms with Crippen LogP contribution >= 0.6 is 15.9 Å². The van der Waals surface area contributed by atoms with Crippen molar-refractivity contribution < 1.29 is 17.6 Å². The van der Waals surface area contributed by atoms with Gasteiger partial charge in [0.15, 0.2) is 0 Å². The third kappa shape index (κ3) is 3.55. The molecule has 0 amide bonds. The first-order valence-corrected chi connectivity index (χ1v) is 9.63. The molecule has 1 aliphatic rings. The summed E-state index contributed by atoms with van der Waals surface area (Å²) >= 11 is 3.28. The number of sulfonamides is 1. The SMILES string of the molecule is Cc1cc(OC2CCN(S(=O)(=O)c3ccccc3Br)C2)cc(=O)o1. The van der Waals surface area contributed by atoms with Gasteiger partial charge in [0.25, 0.3) is 0 Å². The molecular formula is C16H16BrNO5S. The zero-order chi connectivity index (χ0) is 17.3. The summed E-state index contributed by atoms with van der Waals surface area (Å²) in [5.74, 6) is 0.849. The lowest BCUT2D eigenvalue weighted by atomic mass is 10.3. The van der Waals surface area contributed by atoms with Crippen LogP contribution < -0.4 is 10.4 Å². The van der Waals surface area contributed by atoms with E-state index in [2.05, 4.69) is 15.9 Å². The van der Waals surface area contributed by atoms with Gasteiger partial charge in [-0.05, 0) is 41.4 Å². The summed E-state index contributed by atoms with van der Waals surface area (Å²) in [6.45, 7) is 2.27. The number of benzene rings is 1. The van der Waals surface area contributed by atoms with E-state index >= 15 is 0 Å². The minimum absolute atomic E-state index is 0.238. The van der Waals surface area contributed by atoms with E-state index in [9.17, 15) is 13.2 Å². The summed E-state index contributed by atoms with van der Waals surface area (Å²) in [4.78, 5) is 11.6. The molecule has 0 aliphatic carbocycles. The molecule has 1 atom stereocenters. The van der Waals surface area contributed by atoms with Crippen LogP contribution in [-0.2, 0) is 10.0 Å². The highest BCUT2D eigenvalue weighted by atomic mass is 79.9. The number of rotatable bonds is 4. The Labute approximate surface area is 148 Å². The number of hydrogen-bond acceptors (Lipinski definition) is 5. The summed E-state index contributed by atoms with van der Waals surface area (Å²) < 4.78 is 38.0. The Morgan fingerprint density at radius 3 is 2.75 bits per heavy atom. The van der Waals surface area contributed by atoms with Crippen molar-refractivity contribution in [2.24, 2.45) is 0 Å². The standard InChI is InChI=1S/C16H16BrNO5S/c1-11-8-13(9-16(19)22-11)23-12-6-7-18(10-12)24(20,21)15-5-3-2-4-14(15)17/h2-5,8-9,12H,6-7,10H2,1H3. The van der Waals surface area contributed by atoms with Gasteiger partial charge in [-0.3, -0.25) is 0 Å². The summed E-state index contributed by atoms with van der Waals surface area (Å²) in [5, 5.41) is 0. The molecule has 8 heteroatoms. The molecule has 2 aromatic rings. The monoisotopic (exact) mass is 413 g/mol. The number of ether oxygens (including phenoxy) is 1. The smallest absolute Gasteiger partial charge is 0.339 e. The number of halogens is 1. The maximum absolute atomic E-state index is 12.7. The van der Waals surface area contributed by atoms with Crippen LogP contribution in [0.25, 0.3) is 0 Å². The molecule has 2 heterocycles. The van der Waals surface area contributed by atoms with Crippen molar-refractivity contribution in [3.63, 3.8) is 0 Å². The molecular weight excluding hydrogens is 398 g/mol. The Bertz CT molecular complexity index is 909. The highest BCUT2D eigenvalue weighted by Gasteiger charge is 2.34. The van der Waals surface area contributed by atoms with Crippen molar-refractivity contribution in [2.45, 2.75) is 24.3 Å². The topological polar surface area (TPSA) is 76.8 Å². The average molecular weight is 414 g/mol. The van der Waals surface area contributed by atoms with Gasteiger partial charge in [-0.2, -0.15) is 4.31 Å². The molecule has 0 saturated carbocycles. The van der Waals surface area contributed by atoms with Crippen molar-refractivity contribution in [1.82, 2.24) is 4.31 Å². The highest BCUT2D eigenvalue weighted by Crippen LogP contribution is 2.28. The molecule has 1 aliphatic heterocycles. The largest absolute Gasteiger partial charge is 0.489 e. The van der Waals surface area contributed by atoms with E-state index < -0.39 is 15.6 Å². The molecule has 1 aromatic carbocycles. The lowest BCUT2D eigenvalue weighted by Gasteiger charge is -2.18. The first kappa shape index (κ1) is 17.2. The van der Waals surface area contributed by atoms with Gasteiger partial charge >= 0.3 is 5.63 Å². The van der Waals surface area contributed by atoms with Gasteiger partial charge in [0, 0.05) is 17.1 Å². The van der Waals surface area contributed by atoms with Gasteiger partial charge in [-0.15, -0.1) is 0 Å². The van der Waals surface area contributed by atoms with E-state index in [0.29, 0.717) is 28.9 Å². The predicted molar refractivity (Wildman–Crippen MR) is 91.6 cm³/mol. The molecule has 128 valence electrons. The van der Waals surface area contributed by atoms with Crippen molar-refractivity contribution in [2.75, 3.05) is 13.1 Å². The van der Waals surface area contributed by atoms with Crippen molar-refractivity contribution >= 4 is 26.0 Å². The van der Waals surface area contributed by atoms with Crippen molar-refractivity contribution in [3.05, 3.63) is 57.1 Å². The molecule has 24 heavy (non-hydrogen) atoms. The fraction of sp³-hybridized carbons (Fsp3) is 0.312. The molecule has 6 nitrogen and oxygen atoms in total. The number of nitrogens with zero attached hydrogens (tertiary/aromatic N) is 1. The van der Waals surface area contributed by atoms with Crippen LogP contribution in [0.4, 0.5) is 0 Å². The van der Waals surface area contributed by atoms with E-state index in [4.69, 9.17) is 9.15 Å². The normalized spacial score (nSPS) is 18.7. The Morgan fingerprint density at radius 2 is 2.04 bits per heavy atom. The van der Waals surface area contributed by atoms with Crippen LogP contribution in [-0.4, -0.2) is 31.9 Å². The first-order chi connectivity index (χ1) is 11.4. The quantitative estimate of drug-likeness (QED) is 0.769. The van der Waals surface area contributed by atoms with Gasteiger partial charge in [0.1, 0.15) is 17.6 Å². The fourth-order valence-electron chi connectivity index (χ4n) is 2.64. The lowest BCUT2D eigenvalue weighted by Crippen LogP contribution is -2.31. The summed E-state index contributed by atoms with van der Waals surface area (Å²) in [7, 11) is -3.58. The third-order valence-corrected chi connectivity index (χ3v) is 6.61. The first-order valence-electron chi connectivity index (χ1n) is 7.39. The minimum Gasteiger partial charge on any atom is -0.489 e. The summed E-state index contributed by atoms with van der Waals surface area (Å²) in [5.41, 5.74) is -0.485. The van der Waals surface area contributed by atoms with E-state index in [-0.39, 0.29) is 17.5 Å². The van der Waals surface area contributed by atoms with Gasteiger partial charge < -0.3 is 9.15 Å². The van der Waals surface area contributed by atoms with Crippen LogP contribution in [0, 0.1) is 6.92 Å². The average Bonchev–Trinajstić information content (AvgIpc) is 2.95. The molecule has 0 bridgehead atoms. The predicted octanol–water partition coefficient (Wildman–Crippen LogP) is 2.55. The van der Waals surface area contributed by atoms with Crippen molar-refractivity contribution in [1.29, 1.82) is 0 Å². The second kappa shape index (κ2) is 6.70. The molecule has 1 unspecified atom stereocenters. The molecule has 1 aromatic heterocycles. The summed E-state index contributed by atoms with van der Waals surface area (Å²) in [6.07, 6.45) is 0.256. The Morgan fingerprint density at radius 1 is 1.29 bits per heavy atom. The zero-order valence-electron chi connectivity index (χ0n) is 12.9.